The van der Waals surface area contributed by atoms with Crippen molar-refractivity contribution in [2.75, 3.05) is 32.8 Å². The van der Waals surface area contributed by atoms with Crippen molar-refractivity contribution in [2.24, 2.45) is 5.84 Å². The van der Waals surface area contributed by atoms with E-state index in [1.54, 1.807) is 0 Å². The Morgan fingerprint density at radius 1 is 1.40 bits per heavy atom. The maximum Gasteiger partial charge on any atom is 0.239 e. The van der Waals surface area contributed by atoms with Crippen LogP contribution in [0.25, 0.3) is 0 Å². The zero-order valence-corrected chi connectivity index (χ0v) is 12.2. The number of rotatable bonds is 8. The van der Waals surface area contributed by atoms with E-state index in [2.05, 4.69) is 15.6 Å². The molecule has 1 rings (SSSR count). The molecule has 1 heterocycles. The Hall–Kier alpha value is -1.18. The topological polar surface area (TPSA) is 96.7 Å². The average molecular weight is 286 g/mol. The maximum absolute atomic E-state index is 12.0. The van der Waals surface area contributed by atoms with E-state index in [4.69, 9.17) is 10.6 Å². The second kappa shape index (κ2) is 9.68. The summed E-state index contributed by atoms with van der Waals surface area (Å²) >= 11 is 0. The highest BCUT2D eigenvalue weighted by atomic mass is 16.5. The van der Waals surface area contributed by atoms with Crippen LogP contribution in [0.5, 0.6) is 0 Å². The van der Waals surface area contributed by atoms with Gasteiger partial charge in [0.2, 0.25) is 11.8 Å². The summed E-state index contributed by atoms with van der Waals surface area (Å²) in [4.78, 5) is 25.2. The van der Waals surface area contributed by atoms with Crippen molar-refractivity contribution in [3.05, 3.63) is 0 Å². The van der Waals surface area contributed by atoms with Crippen molar-refractivity contribution in [3.63, 3.8) is 0 Å². The number of carbonyl (C=O) groups excluding carboxylic acids is 2. The lowest BCUT2D eigenvalue weighted by molar-refractivity contribution is -0.132. The van der Waals surface area contributed by atoms with Crippen LogP contribution < -0.4 is 16.6 Å². The largest absolute Gasteiger partial charge is 0.378 e. The van der Waals surface area contributed by atoms with E-state index in [0.29, 0.717) is 26.2 Å². The normalized spacial score (nSPS) is 19.6. The molecule has 0 aliphatic carbocycles. The molecule has 0 spiro atoms. The Bertz CT molecular complexity index is 312. The van der Waals surface area contributed by atoms with Crippen LogP contribution in [0.2, 0.25) is 0 Å². The van der Waals surface area contributed by atoms with Gasteiger partial charge >= 0.3 is 0 Å². The third-order valence-corrected chi connectivity index (χ3v) is 3.35. The highest BCUT2D eigenvalue weighted by Crippen LogP contribution is 2.09. The van der Waals surface area contributed by atoms with Gasteiger partial charge in [-0.15, -0.1) is 0 Å². The third kappa shape index (κ3) is 5.85. The van der Waals surface area contributed by atoms with Crippen LogP contribution in [0.1, 0.15) is 32.6 Å². The molecule has 0 saturated carbocycles. The van der Waals surface area contributed by atoms with Gasteiger partial charge in [0.15, 0.2) is 0 Å². The predicted molar refractivity (Wildman–Crippen MR) is 75.7 cm³/mol. The maximum atomic E-state index is 12.0. The molecule has 116 valence electrons. The van der Waals surface area contributed by atoms with E-state index in [0.717, 1.165) is 32.4 Å². The van der Waals surface area contributed by atoms with Crippen molar-refractivity contribution in [2.45, 2.75) is 38.6 Å². The number of morpholine rings is 1. The molecule has 1 aliphatic rings. The molecule has 0 bridgehead atoms. The standard InChI is InChI=1S/C13H26N4O3/c1-2-6-15-13(19)11-10-20-9-8-17(11)7-4-3-5-12(18)16-14/h11H,2-10,14H2,1H3,(H,15,19)(H,16,18). The summed E-state index contributed by atoms with van der Waals surface area (Å²) < 4.78 is 5.39. The van der Waals surface area contributed by atoms with Crippen LogP contribution in [0.15, 0.2) is 0 Å². The molecule has 1 unspecified atom stereocenters. The summed E-state index contributed by atoms with van der Waals surface area (Å²) in [6.45, 7) is 5.37. The Morgan fingerprint density at radius 2 is 2.20 bits per heavy atom. The molecular weight excluding hydrogens is 260 g/mol. The van der Waals surface area contributed by atoms with Crippen LogP contribution in [0.4, 0.5) is 0 Å². The van der Waals surface area contributed by atoms with Gasteiger partial charge < -0.3 is 10.1 Å². The van der Waals surface area contributed by atoms with Gasteiger partial charge in [0, 0.05) is 19.5 Å². The minimum absolute atomic E-state index is 0.0336. The quantitative estimate of drug-likeness (QED) is 0.239. The minimum Gasteiger partial charge on any atom is -0.378 e. The number of amides is 2. The highest BCUT2D eigenvalue weighted by molar-refractivity contribution is 5.82. The Kier molecular flexibility index (Phi) is 8.17. The molecule has 0 aromatic rings. The summed E-state index contributed by atoms with van der Waals surface area (Å²) in [6, 6.07) is -0.210. The lowest BCUT2D eigenvalue weighted by Gasteiger charge is -2.34. The molecule has 20 heavy (non-hydrogen) atoms. The second-order valence-corrected chi connectivity index (χ2v) is 4.94. The first-order chi connectivity index (χ1) is 9.69. The van der Waals surface area contributed by atoms with Gasteiger partial charge in [0.25, 0.3) is 0 Å². The fourth-order valence-electron chi connectivity index (χ4n) is 2.19. The predicted octanol–water partition coefficient (Wildman–Crippen LogP) is -0.626. The average Bonchev–Trinajstić information content (AvgIpc) is 2.49. The zero-order valence-electron chi connectivity index (χ0n) is 12.2. The molecule has 1 atom stereocenters. The number of nitrogens with zero attached hydrogens (tertiary/aromatic N) is 1. The van der Waals surface area contributed by atoms with E-state index in [1.807, 2.05) is 6.92 Å². The molecular formula is C13H26N4O3. The van der Waals surface area contributed by atoms with Gasteiger partial charge in [0.05, 0.1) is 13.2 Å². The zero-order chi connectivity index (χ0) is 14.8. The highest BCUT2D eigenvalue weighted by Gasteiger charge is 2.28. The molecule has 0 radical (unpaired) electrons. The number of hydrogen-bond acceptors (Lipinski definition) is 5. The fraction of sp³-hybridized carbons (Fsp3) is 0.846. The number of hydrogen-bond donors (Lipinski definition) is 3. The number of unbranched alkanes of at least 4 members (excludes halogenated alkanes) is 1. The van der Waals surface area contributed by atoms with Crippen molar-refractivity contribution in [3.8, 4) is 0 Å². The van der Waals surface area contributed by atoms with Crippen molar-refractivity contribution < 1.29 is 14.3 Å². The number of carbonyl (C=O) groups is 2. The van der Waals surface area contributed by atoms with Gasteiger partial charge in [-0.25, -0.2) is 5.84 Å². The van der Waals surface area contributed by atoms with Gasteiger partial charge in [-0.05, 0) is 25.8 Å². The van der Waals surface area contributed by atoms with E-state index >= 15 is 0 Å². The Balaban J connectivity index is 2.32. The number of ether oxygens (including phenoxy) is 1. The SMILES string of the molecule is CCCNC(=O)C1COCCN1CCCCC(=O)NN. The van der Waals surface area contributed by atoms with Crippen LogP contribution in [0.3, 0.4) is 0 Å². The summed E-state index contributed by atoms with van der Waals surface area (Å²) in [6.07, 6.45) is 2.98. The lowest BCUT2D eigenvalue weighted by atomic mass is 10.1. The molecule has 0 aromatic heterocycles. The second-order valence-electron chi connectivity index (χ2n) is 4.94. The monoisotopic (exact) mass is 286 g/mol. The van der Waals surface area contributed by atoms with Crippen molar-refractivity contribution >= 4 is 11.8 Å². The van der Waals surface area contributed by atoms with Crippen LogP contribution in [-0.4, -0.2) is 55.6 Å². The molecule has 7 nitrogen and oxygen atoms in total. The summed E-state index contributed by atoms with van der Waals surface area (Å²) in [7, 11) is 0. The molecule has 1 aliphatic heterocycles. The summed E-state index contributed by atoms with van der Waals surface area (Å²) in [5, 5.41) is 2.91. The smallest absolute Gasteiger partial charge is 0.239 e. The molecule has 2 amide bonds. The van der Waals surface area contributed by atoms with Gasteiger partial charge in [-0.2, -0.15) is 0 Å². The Labute approximate surface area is 120 Å². The van der Waals surface area contributed by atoms with E-state index in [9.17, 15) is 9.59 Å². The summed E-state index contributed by atoms with van der Waals surface area (Å²) in [5.74, 6) is 4.91. The Morgan fingerprint density at radius 3 is 2.90 bits per heavy atom. The number of hydrazine groups is 1. The van der Waals surface area contributed by atoms with Crippen LogP contribution in [-0.2, 0) is 14.3 Å². The molecule has 1 fully saturated rings. The molecule has 1 saturated heterocycles. The van der Waals surface area contributed by atoms with Gasteiger partial charge in [-0.1, -0.05) is 6.92 Å². The minimum atomic E-state index is -0.210. The fourth-order valence-corrected chi connectivity index (χ4v) is 2.19. The van der Waals surface area contributed by atoms with E-state index in [-0.39, 0.29) is 17.9 Å². The van der Waals surface area contributed by atoms with Crippen LogP contribution >= 0.6 is 0 Å². The van der Waals surface area contributed by atoms with Gasteiger partial charge in [-0.3, -0.25) is 19.9 Å². The first-order valence-electron chi connectivity index (χ1n) is 7.28. The molecule has 4 N–H and O–H groups in total. The van der Waals surface area contributed by atoms with E-state index < -0.39 is 0 Å². The number of nitrogens with two attached hydrogens (primary N) is 1. The third-order valence-electron chi connectivity index (χ3n) is 3.35. The van der Waals surface area contributed by atoms with E-state index in [1.165, 1.54) is 0 Å². The molecule has 7 heteroatoms. The van der Waals surface area contributed by atoms with Crippen molar-refractivity contribution in [1.82, 2.24) is 15.6 Å². The van der Waals surface area contributed by atoms with Crippen LogP contribution in [0, 0.1) is 0 Å². The lowest BCUT2D eigenvalue weighted by Crippen LogP contribution is -2.54. The van der Waals surface area contributed by atoms with Gasteiger partial charge in [0.1, 0.15) is 6.04 Å². The summed E-state index contributed by atoms with van der Waals surface area (Å²) in [5.41, 5.74) is 2.12. The molecule has 0 aromatic carbocycles. The van der Waals surface area contributed by atoms with Crippen molar-refractivity contribution in [1.29, 1.82) is 0 Å². The number of nitrogens with one attached hydrogen (secondary N) is 2. The first kappa shape index (κ1) is 16.9. The first-order valence-corrected chi connectivity index (χ1v) is 7.28.